The van der Waals surface area contributed by atoms with E-state index in [4.69, 9.17) is 14.9 Å². The van der Waals surface area contributed by atoms with E-state index in [2.05, 4.69) is 22.8 Å². The maximum absolute atomic E-state index is 12.6. The molecule has 0 saturated heterocycles. The molecule has 0 bridgehead atoms. The smallest absolute Gasteiger partial charge is 0.411 e. The molecule has 0 spiro atoms. The summed E-state index contributed by atoms with van der Waals surface area (Å²) in [7, 11) is 0. The molecule has 3 aromatic carbocycles. The van der Waals surface area contributed by atoms with Crippen molar-refractivity contribution >= 4 is 23.7 Å². The number of carboxylic acids is 1. The first kappa shape index (κ1) is 23.0. The van der Waals surface area contributed by atoms with Gasteiger partial charge in [0.2, 0.25) is 0 Å². The van der Waals surface area contributed by atoms with E-state index in [0.29, 0.717) is 11.3 Å². The number of carbonyl (C=O) groups excluding carboxylic acids is 2. The molecule has 8 heteroatoms. The highest BCUT2D eigenvalue weighted by molar-refractivity contribution is 5.98. The standard InChI is InChI=1S/C26H24N2O6/c1-15-10-11-16(24(30)27-23(13-29)25(31)32)12-22(15)28-26(33)34-14-21-19-8-4-2-6-17(19)18-7-3-5-9-20(18)21/h2-12,21,23,29H,13-14H2,1H3,(H,27,30)(H,28,33)(H,31,32)/t23-/m1/s1. The number of aliphatic hydroxyl groups excluding tert-OH is 1. The molecule has 0 aliphatic heterocycles. The third-order valence-electron chi connectivity index (χ3n) is 5.87. The first-order valence-corrected chi connectivity index (χ1v) is 10.8. The van der Waals surface area contributed by atoms with Crippen LogP contribution in [0.15, 0.2) is 66.7 Å². The van der Waals surface area contributed by atoms with Crippen LogP contribution in [0.25, 0.3) is 11.1 Å². The van der Waals surface area contributed by atoms with Gasteiger partial charge in [0.05, 0.1) is 6.61 Å². The molecular weight excluding hydrogens is 436 g/mol. The number of aliphatic hydroxyl groups is 1. The topological polar surface area (TPSA) is 125 Å². The Balaban J connectivity index is 1.44. The van der Waals surface area contributed by atoms with Crippen LogP contribution in [0.5, 0.6) is 0 Å². The summed E-state index contributed by atoms with van der Waals surface area (Å²) < 4.78 is 5.55. The molecule has 0 unspecified atom stereocenters. The lowest BCUT2D eigenvalue weighted by atomic mass is 9.98. The van der Waals surface area contributed by atoms with Crippen LogP contribution in [-0.2, 0) is 9.53 Å². The second-order valence-electron chi connectivity index (χ2n) is 8.03. The van der Waals surface area contributed by atoms with Crippen molar-refractivity contribution in [3.63, 3.8) is 0 Å². The van der Waals surface area contributed by atoms with Gasteiger partial charge in [-0.15, -0.1) is 0 Å². The zero-order valence-corrected chi connectivity index (χ0v) is 18.4. The van der Waals surface area contributed by atoms with Gasteiger partial charge >= 0.3 is 12.1 Å². The molecule has 1 aliphatic carbocycles. The average molecular weight is 460 g/mol. The average Bonchev–Trinajstić information content (AvgIpc) is 3.16. The van der Waals surface area contributed by atoms with E-state index in [0.717, 1.165) is 22.3 Å². The summed E-state index contributed by atoms with van der Waals surface area (Å²) in [4.78, 5) is 36.0. The fourth-order valence-corrected chi connectivity index (χ4v) is 4.07. The van der Waals surface area contributed by atoms with Crippen LogP contribution in [-0.4, -0.2) is 47.4 Å². The van der Waals surface area contributed by atoms with Crippen molar-refractivity contribution in [2.45, 2.75) is 18.9 Å². The van der Waals surface area contributed by atoms with Crippen molar-refractivity contribution in [2.24, 2.45) is 0 Å². The van der Waals surface area contributed by atoms with Crippen molar-refractivity contribution in [3.8, 4) is 11.1 Å². The van der Waals surface area contributed by atoms with Gasteiger partial charge in [0.25, 0.3) is 5.91 Å². The van der Waals surface area contributed by atoms with E-state index < -0.39 is 30.6 Å². The summed E-state index contributed by atoms with van der Waals surface area (Å²) >= 11 is 0. The van der Waals surface area contributed by atoms with E-state index in [-0.39, 0.29) is 18.1 Å². The van der Waals surface area contributed by atoms with Gasteiger partial charge in [-0.25, -0.2) is 9.59 Å². The number of aliphatic carboxylic acids is 1. The third kappa shape index (κ3) is 4.62. The SMILES string of the molecule is Cc1ccc(C(=O)N[C@H](CO)C(=O)O)cc1NC(=O)OCC1c2ccccc2-c2ccccc21. The number of ether oxygens (including phenoxy) is 1. The third-order valence-corrected chi connectivity index (χ3v) is 5.87. The van der Waals surface area contributed by atoms with E-state index in [1.54, 1.807) is 13.0 Å². The van der Waals surface area contributed by atoms with Crippen LogP contribution in [0, 0.1) is 6.92 Å². The largest absolute Gasteiger partial charge is 0.480 e. The number of rotatable bonds is 7. The number of hydrogen-bond acceptors (Lipinski definition) is 5. The molecule has 174 valence electrons. The second kappa shape index (κ2) is 9.76. The first-order valence-electron chi connectivity index (χ1n) is 10.8. The molecule has 0 heterocycles. The number of anilines is 1. The number of hydrogen-bond donors (Lipinski definition) is 4. The highest BCUT2D eigenvalue weighted by Gasteiger charge is 2.29. The Kier molecular flexibility index (Phi) is 6.60. The molecule has 0 saturated carbocycles. The summed E-state index contributed by atoms with van der Waals surface area (Å²) in [6, 6.07) is 19.2. The van der Waals surface area contributed by atoms with Gasteiger partial charge in [-0.1, -0.05) is 54.6 Å². The molecule has 2 amide bonds. The van der Waals surface area contributed by atoms with Crippen molar-refractivity contribution in [1.82, 2.24) is 5.32 Å². The monoisotopic (exact) mass is 460 g/mol. The van der Waals surface area contributed by atoms with E-state index >= 15 is 0 Å². The molecule has 0 radical (unpaired) electrons. The predicted molar refractivity (Wildman–Crippen MR) is 126 cm³/mol. The first-order chi connectivity index (χ1) is 16.4. The predicted octanol–water partition coefficient (Wildman–Crippen LogP) is 3.53. The lowest BCUT2D eigenvalue weighted by molar-refractivity contribution is -0.140. The van der Waals surface area contributed by atoms with Crippen LogP contribution in [0.1, 0.15) is 33.0 Å². The molecule has 1 atom stereocenters. The second-order valence-corrected chi connectivity index (χ2v) is 8.03. The molecule has 4 rings (SSSR count). The summed E-state index contributed by atoms with van der Waals surface area (Å²) in [6.07, 6.45) is -0.665. The van der Waals surface area contributed by atoms with Crippen LogP contribution in [0.2, 0.25) is 0 Å². The van der Waals surface area contributed by atoms with Crippen molar-refractivity contribution in [3.05, 3.63) is 89.0 Å². The van der Waals surface area contributed by atoms with Crippen molar-refractivity contribution < 1.29 is 29.3 Å². The zero-order chi connectivity index (χ0) is 24.2. The highest BCUT2D eigenvalue weighted by Crippen LogP contribution is 2.44. The van der Waals surface area contributed by atoms with Crippen LogP contribution in [0.4, 0.5) is 10.5 Å². The molecule has 0 fully saturated rings. The number of nitrogens with one attached hydrogen (secondary N) is 2. The van der Waals surface area contributed by atoms with Crippen LogP contribution >= 0.6 is 0 Å². The number of carbonyl (C=O) groups is 3. The summed E-state index contributed by atoms with van der Waals surface area (Å²) in [5.41, 5.74) is 5.65. The summed E-state index contributed by atoms with van der Waals surface area (Å²) in [6.45, 7) is 1.17. The van der Waals surface area contributed by atoms with E-state index in [9.17, 15) is 14.4 Å². The van der Waals surface area contributed by atoms with E-state index in [1.807, 2.05) is 36.4 Å². The van der Waals surface area contributed by atoms with Gasteiger partial charge in [0.1, 0.15) is 6.61 Å². The van der Waals surface area contributed by atoms with Crippen molar-refractivity contribution in [1.29, 1.82) is 0 Å². The number of benzene rings is 3. The number of amides is 2. The molecular formula is C26H24N2O6. The van der Waals surface area contributed by atoms with Gasteiger partial charge in [-0.05, 0) is 46.9 Å². The fourth-order valence-electron chi connectivity index (χ4n) is 4.07. The van der Waals surface area contributed by atoms with Gasteiger partial charge in [0.15, 0.2) is 6.04 Å². The minimum Gasteiger partial charge on any atom is -0.480 e. The lowest BCUT2D eigenvalue weighted by Gasteiger charge is -2.16. The zero-order valence-electron chi connectivity index (χ0n) is 18.4. The van der Waals surface area contributed by atoms with Gasteiger partial charge in [-0.3, -0.25) is 10.1 Å². The quantitative estimate of drug-likeness (QED) is 0.428. The Labute approximate surface area is 196 Å². The maximum Gasteiger partial charge on any atom is 0.411 e. The molecule has 1 aliphatic rings. The minimum absolute atomic E-state index is 0.0807. The summed E-state index contributed by atoms with van der Waals surface area (Å²) in [5, 5.41) is 23.0. The number of carboxylic acid groups (broad SMARTS) is 1. The van der Waals surface area contributed by atoms with Crippen molar-refractivity contribution in [2.75, 3.05) is 18.5 Å². The molecule has 4 N–H and O–H groups in total. The Morgan fingerprint density at radius 2 is 1.59 bits per heavy atom. The molecule has 34 heavy (non-hydrogen) atoms. The summed E-state index contributed by atoms with van der Waals surface area (Å²) in [5.74, 6) is -2.11. The molecule has 3 aromatic rings. The Morgan fingerprint density at radius 1 is 0.971 bits per heavy atom. The number of fused-ring (bicyclic) bond motifs is 3. The van der Waals surface area contributed by atoms with E-state index in [1.165, 1.54) is 12.1 Å². The Bertz CT molecular complexity index is 1210. The van der Waals surface area contributed by atoms with Gasteiger partial charge in [0, 0.05) is 17.2 Å². The van der Waals surface area contributed by atoms with Crippen LogP contribution < -0.4 is 10.6 Å². The lowest BCUT2D eigenvalue weighted by Crippen LogP contribution is -2.43. The normalized spacial score (nSPS) is 12.9. The minimum atomic E-state index is -1.42. The van der Waals surface area contributed by atoms with Gasteiger partial charge in [-0.2, -0.15) is 0 Å². The molecule has 8 nitrogen and oxygen atoms in total. The fraction of sp³-hybridized carbons (Fsp3) is 0.192. The van der Waals surface area contributed by atoms with Gasteiger partial charge < -0.3 is 20.3 Å². The molecule has 0 aromatic heterocycles. The Hall–Kier alpha value is -4.17. The maximum atomic E-state index is 12.6. The van der Waals surface area contributed by atoms with Crippen LogP contribution in [0.3, 0.4) is 0 Å². The number of aryl methyl sites for hydroxylation is 1. The Morgan fingerprint density at radius 3 is 2.18 bits per heavy atom. The highest BCUT2D eigenvalue weighted by atomic mass is 16.5.